The molecule has 7 rings (SSSR count). The Morgan fingerprint density at radius 2 is 1.80 bits per heavy atom. The van der Waals surface area contributed by atoms with E-state index < -0.39 is 42.5 Å². The van der Waals surface area contributed by atoms with Gasteiger partial charge in [-0.25, -0.2) is 4.39 Å². The second kappa shape index (κ2) is 14.4. The number of pyridine rings is 1. The van der Waals surface area contributed by atoms with Gasteiger partial charge >= 0.3 is 7.12 Å². The van der Waals surface area contributed by atoms with E-state index in [4.69, 9.17) is 4.65 Å². The number of aliphatic hydroxyl groups excluding tert-OH is 1. The number of allylic oxidation sites excluding steroid dienone is 1. The third kappa shape index (κ3) is 6.85. The Kier molecular flexibility index (Phi) is 9.78. The summed E-state index contributed by atoms with van der Waals surface area (Å²) in [5.41, 5.74) is 4.78. The molecule has 3 aromatic rings. The number of likely N-dealkylation sites (tertiary alicyclic amines) is 2. The van der Waals surface area contributed by atoms with E-state index in [1.165, 1.54) is 22.6 Å². The fraction of sp³-hybridized carbons (Fsp3) is 0.395. The molecule has 3 aliphatic heterocycles. The van der Waals surface area contributed by atoms with Crippen LogP contribution in [-0.4, -0.2) is 80.8 Å². The number of carbonyl (C=O) groups excluding carboxylic acids is 2. The summed E-state index contributed by atoms with van der Waals surface area (Å²) < 4.78 is 20.3. The number of piperidine rings is 1. The molecule has 2 aromatic carbocycles. The summed E-state index contributed by atoms with van der Waals surface area (Å²) in [6.45, 7) is 2.15. The Balaban J connectivity index is 1.10. The molecule has 3 saturated heterocycles. The van der Waals surface area contributed by atoms with Gasteiger partial charge in [-0.1, -0.05) is 42.5 Å². The molecule has 0 unspecified atom stereocenters. The van der Waals surface area contributed by atoms with Gasteiger partial charge in [0.05, 0.1) is 30.2 Å². The van der Waals surface area contributed by atoms with E-state index in [2.05, 4.69) is 22.0 Å². The van der Waals surface area contributed by atoms with Gasteiger partial charge in [0, 0.05) is 31.9 Å². The van der Waals surface area contributed by atoms with Crippen LogP contribution in [-0.2, 0) is 20.8 Å². The molecular weight excluding hydrogens is 624 g/mol. The summed E-state index contributed by atoms with van der Waals surface area (Å²) in [5, 5.41) is 31.2. The van der Waals surface area contributed by atoms with Crippen molar-refractivity contribution in [2.45, 2.75) is 57.1 Å². The number of nitrogens with zero attached hydrogens (tertiary/aromatic N) is 3. The van der Waals surface area contributed by atoms with Gasteiger partial charge in [-0.05, 0) is 103 Å². The molecule has 0 bridgehead atoms. The number of aliphatic hydroxyl groups is 1. The lowest BCUT2D eigenvalue weighted by atomic mass is 9.58. The van der Waals surface area contributed by atoms with Gasteiger partial charge in [-0.15, -0.1) is 0 Å². The molecule has 254 valence electrons. The average Bonchev–Trinajstić information content (AvgIpc) is 3.37. The molecule has 49 heavy (non-hydrogen) atoms. The maximum absolute atomic E-state index is 14.2. The number of halogens is 1. The highest BCUT2D eigenvalue weighted by Gasteiger charge is 2.58. The quantitative estimate of drug-likeness (QED) is 0.171. The zero-order valence-electron chi connectivity index (χ0n) is 27.3. The van der Waals surface area contributed by atoms with Crippen LogP contribution in [0.5, 0.6) is 5.75 Å². The molecule has 4 heterocycles. The van der Waals surface area contributed by atoms with Crippen molar-refractivity contribution in [1.29, 1.82) is 0 Å². The van der Waals surface area contributed by atoms with Gasteiger partial charge in [0.2, 0.25) is 11.8 Å². The number of amides is 2. The van der Waals surface area contributed by atoms with E-state index >= 15 is 0 Å². The van der Waals surface area contributed by atoms with Crippen LogP contribution in [0.2, 0.25) is 6.32 Å². The smallest absolute Gasteiger partial charge is 0.455 e. The van der Waals surface area contributed by atoms with Gasteiger partial charge < -0.3 is 19.9 Å². The number of carbonyl (C=O) groups is 2. The molecule has 11 heteroatoms. The lowest BCUT2D eigenvalue weighted by Gasteiger charge is -2.43. The molecule has 4 atom stereocenters. The van der Waals surface area contributed by atoms with E-state index in [1.807, 2.05) is 36.4 Å². The van der Waals surface area contributed by atoms with E-state index in [-0.39, 0.29) is 37.2 Å². The second-order valence-electron chi connectivity index (χ2n) is 13.6. The topological polar surface area (TPSA) is 123 Å². The van der Waals surface area contributed by atoms with Crippen LogP contribution < -0.4 is 0 Å². The van der Waals surface area contributed by atoms with E-state index in [0.29, 0.717) is 42.5 Å². The number of phenols is 1. The number of phenolic OH excluding ortho intramolecular Hbond substituents is 1. The van der Waals surface area contributed by atoms with E-state index in [0.717, 1.165) is 30.8 Å². The van der Waals surface area contributed by atoms with Gasteiger partial charge in [0.1, 0.15) is 0 Å². The van der Waals surface area contributed by atoms with Gasteiger partial charge in [-0.2, -0.15) is 0 Å². The van der Waals surface area contributed by atoms with Gasteiger partial charge in [0.15, 0.2) is 11.6 Å². The van der Waals surface area contributed by atoms with Crippen molar-refractivity contribution >= 4 is 30.6 Å². The minimum absolute atomic E-state index is 0.166. The first kappa shape index (κ1) is 33.3. The first-order chi connectivity index (χ1) is 23.8. The maximum atomic E-state index is 14.2. The van der Waals surface area contributed by atoms with Crippen molar-refractivity contribution in [3.05, 3.63) is 107 Å². The van der Waals surface area contributed by atoms with Crippen LogP contribution in [0.1, 0.15) is 48.9 Å². The number of benzene rings is 2. The SMILES string of the molecule is O=C1[C@@H]2[C@@H](CC(CO)=C3[C@@H](CC/C(=C/c4ccc(O)c(F)c4)c4ccccn4)OB(O)C[C@@H]32)C(=O)N1C1CCN(Cc2ccccc2)CC1. The summed E-state index contributed by atoms with van der Waals surface area (Å²) in [4.78, 5) is 36.5. The fourth-order valence-corrected chi connectivity index (χ4v) is 8.40. The standard InChI is InChI=1S/C38H41BFN3O6/c40-31-19-25(9-11-33(31)45)18-26(32-8-4-5-15-41-32)10-12-34-35-27(23-44)20-29-36(30(35)21-39(48)49-34)38(47)43(37(29)46)28-13-16-42(17-14-28)22-24-6-2-1-3-7-24/h1-9,11,15,18-19,28-30,34,36,44-45,48H,10,12-14,16-17,20-23H2/b26-18-/t29-,30+,34-,36-/m1/s1. The van der Waals surface area contributed by atoms with Gasteiger partial charge in [0.25, 0.3) is 0 Å². The first-order valence-electron chi connectivity index (χ1n) is 17.2. The van der Waals surface area contributed by atoms with Crippen LogP contribution in [0.3, 0.4) is 0 Å². The Bertz CT molecular complexity index is 1750. The molecule has 0 saturated carbocycles. The zero-order valence-corrected chi connectivity index (χ0v) is 27.3. The lowest BCUT2D eigenvalue weighted by molar-refractivity contribution is -0.144. The van der Waals surface area contributed by atoms with Crippen molar-refractivity contribution < 1.29 is 33.9 Å². The number of imide groups is 1. The minimum Gasteiger partial charge on any atom is -0.505 e. The number of hydrogen-bond acceptors (Lipinski definition) is 8. The summed E-state index contributed by atoms with van der Waals surface area (Å²) in [6, 6.07) is 19.8. The van der Waals surface area contributed by atoms with Crippen LogP contribution >= 0.6 is 0 Å². The van der Waals surface area contributed by atoms with Crippen molar-refractivity contribution in [2.75, 3.05) is 19.7 Å². The highest BCUT2D eigenvalue weighted by Crippen LogP contribution is 2.51. The number of aromatic nitrogens is 1. The first-order valence-corrected chi connectivity index (χ1v) is 17.2. The molecule has 9 nitrogen and oxygen atoms in total. The predicted molar refractivity (Wildman–Crippen MR) is 183 cm³/mol. The molecule has 3 N–H and O–H groups in total. The zero-order chi connectivity index (χ0) is 34.1. The van der Waals surface area contributed by atoms with Crippen molar-refractivity contribution in [1.82, 2.24) is 14.8 Å². The number of hydrogen-bond donors (Lipinski definition) is 3. The second-order valence-corrected chi connectivity index (χ2v) is 13.6. The van der Waals surface area contributed by atoms with Crippen molar-refractivity contribution in [3.63, 3.8) is 0 Å². The number of fused-ring (bicyclic) bond motifs is 3. The highest BCUT2D eigenvalue weighted by molar-refractivity contribution is 6.43. The summed E-state index contributed by atoms with van der Waals surface area (Å²) in [6.07, 6.45) is 5.60. The molecule has 3 fully saturated rings. The monoisotopic (exact) mass is 665 g/mol. The molecule has 4 aliphatic rings. The Morgan fingerprint density at radius 1 is 1.02 bits per heavy atom. The Labute approximate surface area is 285 Å². The van der Waals surface area contributed by atoms with Crippen molar-refractivity contribution in [2.24, 2.45) is 17.8 Å². The van der Waals surface area contributed by atoms with E-state index in [9.17, 15) is 29.2 Å². The largest absolute Gasteiger partial charge is 0.505 e. The third-order valence-electron chi connectivity index (χ3n) is 10.7. The molecule has 1 aromatic heterocycles. The van der Waals surface area contributed by atoms with E-state index in [1.54, 1.807) is 18.3 Å². The fourth-order valence-electron chi connectivity index (χ4n) is 8.40. The molecular formula is C38H41BFN3O6. The van der Waals surface area contributed by atoms with Crippen molar-refractivity contribution in [3.8, 4) is 5.75 Å². The molecule has 0 radical (unpaired) electrons. The predicted octanol–water partition coefficient (Wildman–Crippen LogP) is 4.70. The van der Waals surface area contributed by atoms with Crippen LogP contribution in [0.25, 0.3) is 11.6 Å². The highest BCUT2D eigenvalue weighted by atomic mass is 19.1. The molecule has 1 aliphatic carbocycles. The van der Waals surface area contributed by atoms with Crippen LogP contribution in [0.15, 0.2) is 84.1 Å². The summed E-state index contributed by atoms with van der Waals surface area (Å²) in [7, 11) is -1.14. The number of aromatic hydroxyl groups is 1. The normalized spacial score (nSPS) is 25.2. The Morgan fingerprint density at radius 3 is 2.51 bits per heavy atom. The average molecular weight is 666 g/mol. The lowest BCUT2D eigenvalue weighted by Crippen LogP contribution is -2.48. The van der Waals surface area contributed by atoms with Crippen LogP contribution in [0.4, 0.5) is 4.39 Å². The summed E-state index contributed by atoms with van der Waals surface area (Å²) in [5.74, 6) is -3.10. The minimum atomic E-state index is -1.14. The Hall–Kier alpha value is -4.16. The van der Waals surface area contributed by atoms with Crippen LogP contribution in [0, 0.1) is 23.6 Å². The van der Waals surface area contributed by atoms with Gasteiger partial charge in [-0.3, -0.25) is 24.4 Å². The maximum Gasteiger partial charge on any atom is 0.455 e. The summed E-state index contributed by atoms with van der Waals surface area (Å²) >= 11 is 0. The molecule has 0 spiro atoms. The third-order valence-corrected chi connectivity index (χ3v) is 10.7. The number of rotatable bonds is 9. The molecule has 2 amide bonds.